The van der Waals surface area contributed by atoms with Crippen molar-refractivity contribution in [3.05, 3.63) is 47.0 Å². The van der Waals surface area contributed by atoms with Crippen LogP contribution in [0, 0.1) is 11.8 Å². The molecule has 2 heterocycles. The maximum atomic E-state index is 14.0. The average Bonchev–Trinajstić information content (AvgIpc) is 3.57. The summed E-state index contributed by atoms with van der Waals surface area (Å²) in [4.78, 5) is 5.81. The van der Waals surface area contributed by atoms with Crippen LogP contribution in [0.4, 0.5) is 4.39 Å². The molecule has 2 aliphatic heterocycles. The number of halogens is 2. The van der Waals surface area contributed by atoms with Crippen molar-refractivity contribution in [3.63, 3.8) is 0 Å². The van der Waals surface area contributed by atoms with Gasteiger partial charge in [0.15, 0.2) is 10.1 Å². The number of aliphatic hydroxyl groups is 1. The predicted octanol–water partition coefficient (Wildman–Crippen LogP) is 3.07. The zero-order valence-electron chi connectivity index (χ0n) is 15.7. The molecule has 0 saturated heterocycles. The van der Waals surface area contributed by atoms with E-state index in [0.29, 0.717) is 23.1 Å². The Morgan fingerprint density at radius 3 is 2.86 bits per heavy atom. The zero-order chi connectivity index (χ0) is 19.4. The molecule has 0 aromatic heterocycles. The van der Waals surface area contributed by atoms with Gasteiger partial charge in [-0.1, -0.05) is 20.7 Å². The predicted molar refractivity (Wildman–Crippen MR) is 105 cm³/mol. The highest BCUT2D eigenvalue weighted by Gasteiger charge is 2.44. The molecule has 2 atom stereocenters. The monoisotopic (exact) mass is 449 g/mol. The van der Waals surface area contributed by atoms with Crippen LogP contribution in [0.25, 0.3) is 0 Å². The van der Waals surface area contributed by atoms with Crippen LogP contribution >= 0.6 is 15.9 Å². The first-order valence-electron chi connectivity index (χ1n) is 9.81. The molecule has 0 amide bonds. The average molecular weight is 450 g/mol. The van der Waals surface area contributed by atoms with Gasteiger partial charge in [-0.3, -0.25) is 0 Å². The molecular formula is C20H23BrFN4O2+. The van der Waals surface area contributed by atoms with Gasteiger partial charge in [0.25, 0.3) is 0 Å². The Balaban J connectivity index is 1.42. The van der Waals surface area contributed by atoms with E-state index in [1.165, 1.54) is 18.9 Å². The number of nitrogens with zero attached hydrogens (tertiary/aromatic N) is 4. The van der Waals surface area contributed by atoms with Crippen LogP contribution in [-0.2, 0) is 4.74 Å². The molecule has 2 unspecified atom stereocenters. The second-order valence-corrected chi connectivity index (χ2v) is 9.09. The van der Waals surface area contributed by atoms with Gasteiger partial charge >= 0.3 is 5.71 Å². The molecule has 8 heteroatoms. The van der Waals surface area contributed by atoms with Gasteiger partial charge in [-0.15, -0.1) is 5.01 Å². The van der Waals surface area contributed by atoms with Crippen LogP contribution in [-0.4, -0.2) is 56.6 Å². The molecule has 3 aliphatic carbocycles. The summed E-state index contributed by atoms with van der Waals surface area (Å²) < 4.78 is 20.3. The summed E-state index contributed by atoms with van der Waals surface area (Å²) in [6, 6.07) is 0. The van der Waals surface area contributed by atoms with E-state index >= 15 is 0 Å². The maximum absolute atomic E-state index is 14.0. The molecule has 2 saturated carbocycles. The Morgan fingerprint density at radius 2 is 2.14 bits per heavy atom. The SMILES string of the molecule is CN1CC(F)=CC(C(O)C2CC2)=C1OC1=CC=C2C(=[N+]=NN2CC2CC2)C1Br. The molecule has 148 valence electrons. The third-order valence-electron chi connectivity index (χ3n) is 5.72. The number of rotatable bonds is 6. The van der Waals surface area contributed by atoms with Crippen LogP contribution in [0.1, 0.15) is 25.7 Å². The van der Waals surface area contributed by atoms with Crippen LogP contribution in [0.2, 0.25) is 0 Å². The van der Waals surface area contributed by atoms with Crippen molar-refractivity contribution in [2.24, 2.45) is 17.1 Å². The summed E-state index contributed by atoms with van der Waals surface area (Å²) in [6.07, 6.45) is 9.03. The quantitative estimate of drug-likeness (QED) is 0.499. The molecule has 0 radical (unpaired) electrons. The van der Waals surface area contributed by atoms with Gasteiger partial charge in [-0.2, -0.15) is 0 Å². The summed E-state index contributed by atoms with van der Waals surface area (Å²) in [5, 5.41) is 16.9. The molecule has 1 N–H and O–H groups in total. The Morgan fingerprint density at radius 1 is 1.36 bits per heavy atom. The Kier molecular flexibility index (Phi) is 4.45. The van der Waals surface area contributed by atoms with Gasteiger partial charge in [-0.05, 0) is 55.7 Å². The van der Waals surface area contributed by atoms with Crippen molar-refractivity contribution in [1.29, 1.82) is 0 Å². The fourth-order valence-electron chi connectivity index (χ4n) is 3.75. The molecule has 0 aromatic rings. The molecule has 2 fully saturated rings. The largest absolute Gasteiger partial charge is 0.443 e. The minimum atomic E-state index is -0.708. The van der Waals surface area contributed by atoms with Gasteiger partial charge < -0.3 is 14.7 Å². The Bertz CT molecular complexity index is 894. The van der Waals surface area contributed by atoms with Crippen LogP contribution in [0.15, 0.2) is 52.2 Å². The summed E-state index contributed by atoms with van der Waals surface area (Å²) in [6.45, 7) is 1.03. The Labute approximate surface area is 171 Å². The minimum Gasteiger partial charge on any atom is -0.443 e. The number of allylic oxidation sites excluding steroid dienone is 4. The number of aliphatic hydroxyl groups excluding tert-OH is 1. The zero-order valence-corrected chi connectivity index (χ0v) is 17.3. The van der Waals surface area contributed by atoms with Gasteiger partial charge in [-0.25, -0.2) is 4.39 Å². The second-order valence-electron chi connectivity index (χ2n) is 8.18. The second kappa shape index (κ2) is 6.87. The third-order valence-corrected chi connectivity index (χ3v) is 6.60. The fraction of sp³-hybridized carbons (Fsp3) is 0.550. The summed E-state index contributed by atoms with van der Waals surface area (Å²) >= 11 is 3.68. The van der Waals surface area contributed by atoms with E-state index in [-0.39, 0.29) is 23.1 Å². The summed E-state index contributed by atoms with van der Waals surface area (Å²) in [7, 11) is 1.77. The van der Waals surface area contributed by atoms with Crippen molar-refractivity contribution in [1.82, 2.24) is 9.91 Å². The molecule has 0 aromatic carbocycles. The lowest BCUT2D eigenvalue weighted by atomic mass is 10.0. The van der Waals surface area contributed by atoms with E-state index in [1.807, 2.05) is 17.2 Å². The van der Waals surface area contributed by atoms with E-state index in [4.69, 9.17) is 4.74 Å². The van der Waals surface area contributed by atoms with Crippen molar-refractivity contribution < 1.29 is 19.0 Å². The van der Waals surface area contributed by atoms with Crippen molar-refractivity contribution in [3.8, 4) is 0 Å². The maximum Gasteiger partial charge on any atom is 0.304 e. The van der Waals surface area contributed by atoms with Crippen molar-refractivity contribution in [2.45, 2.75) is 36.6 Å². The lowest BCUT2D eigenvalue weighted by Crippen LogP contribution is -2.33. The van der Waals surface area contributed by atoms with E-state index in [2.05, 4.69) is 25.9 Å². The molecular weight excluding hydrogens is 427 g/mol. The van der Waals surface area contributed by atoms with E-state index in [1.54, 1.807) is 11.9 Å². The number of hydrogen-bond acceptors (Lipinski definition) is 5. The molecule has 5 rings (SSSR count). The first-order valence-corrected chi connectivity index (χ1v) is 10.7. The molecule has 0 spiro atoms. The minimum absolute atomic E-state index is 0.128. The van der Waals surface area contributed by atoms with E-state index in [0.717, 1.165) is 30.8 Å². The van der Waals surface area contributed by atoms with Gasteiger partial charge in [0.05, 0.1) is 12.6 Å². The number of alkyl halides is 1. The number of likely N-dealkylation sites (N-methyl/N-ethyl adjacent to an activating group) is 1. The highest BCUT2D eigenvalue weighted by molar-refractivity contribution is 9.10. The topological polar surface area (TPSA) is 62.4 Å². The fourth-order valence-corrected chi connectivity index (χ4v) is 4.32. The smallest absolute Gasteiger partial charge is 0.304 e. The number of hydrogen-bond donors (Lipinski definition) is 1. The third kappa shape index (κ3) is 3.34. The van der Waals surface area contributed by atoms with Gasteiger partial charge in [0.2, 0.25) is 11.6 Å². The van der Waals surface area contributed by atoms with Crippen LogP contribution in [0.5, 0.6) is 0 Å². The molecule has 0 bridgehead atoms. The number of fused-ring (bicyclic) bond motifs is 1. The van der Waals surface area contributed by atoms with Crippen molar-refractivity contribution >= 4 is 21.6 Å². The highest BCUT2D eigenvalue weighted by atomic mass is 79.9. The van der Waals surface area contributed by atoms with Crippen LogP contribution < -0.4 is 0 Å². The molecule has 5 aliphatic rings. The van der Waals surface area contributed by atoms with Gasteiger partial charge in [0.1, 0.15) is 18.1 Å². The summed E-state index contributed by atoms with van der Waals surface area (Å²) in [5.74, 6) is 1.78. The first kappa shape index (κ1) is 18.2. The Hall–Kier alpha value is -1.89. The first-order chi connectivity index (χ1) is 13.5. The lowest BCUT2D eigenvalue weighted by molar-refractivity contribution is -0.114. The molecule has 28 heavy (non-hydrogen) atoms. The van der Waals surface area contributed by atoms with Gasteiger partial charge in [0, 0.05) is 12.6 Å². The van der Waals surface area contributed by atoms with E-state index < -0.39 is 6.10 Å². The number of ether oxygens (including phenoxy) is 1. The lowest BCUT2D eigenvalue weighted by Gasteiger charge is -2.31. The normalized spacial score (nSPS) is 27.9. The highest BCUT2D eigenvalue weighted by Crippen LogP contribution is 2.40. The van der Waals surface area contributed by atoms with E-state index in [9.17, 15) is 9.50 Å². The van der Waals surface area contributed by atoms with Crippen molar-refractivity contribution in [2.75, 3.05) is 20.1 Å². The van der Waals surface area contributed by atoms with Crippen LogP contribution in [0.3, 0.4) is 0 Å². The summed E-state index contributed by atoms with van der Waals surface area (Å²) in [5.41, 5.74) is 2.33. The standard InChI is InChI=1S/C20H23BrFN4O2/c1-25-10-13(22)8-14(19(27)12-4-5-12)20(25)28-16-7-6-15-18(17(16)21)23-24-26(15)9-11-2-3-11/h6-8,11-12,17,19,27H,2-5,9-10H2,1H3/q+1. The molecule has 6 nitrogen and oxygen atoms in total.